The highest BCUT2D eigenvalue weighted by Crippen LogP contribution is 2.29. The van der Waals surface area contributed by atoms with Crippen molar-refractivity contribution >= 4 is 23.7 Å². The third-order valence-corrected chi connectivity index (χ3v) is 6.65. The summed E-state index contributed by atoms with van der Waals surface area (Å²) in [5.41, 5.74) is 2.39. The molecule has 192 valence electrons. The summed E-state index contributed by atoms with van der Waals surface area (Å²) >= 11 is 0. The predicted octanol–water partition coefficient (Wildman–Crippen LogP) is 3.00. The number of ether oxygens (including phenoxy) is 1. The SMILES string of the molecule is CN1CCN(CC(O)[C@@H]2Cc3ccccc3CN2C(=O)OC(C)(C)C)C(=O)c2ccc(C(=O)O)cc21. The number of fused-ring (bicyclic) bond motifs is 2. The quantitative estimate of drug-likeness (QED) is 0.671. The Bertz CT molecular complexity index is 1170. The zero-order valence-corrected chi connectivity index (χ0v) is 21.1. The Labute approximate surface area is 210 Å². The van der Waals surface area contributed by atoms with Crippen LogP contribution >= 0.6 is 0 Å². The maximum absolute atomic E-state index is 13.4. The predicted molar refractivity (Wildman–Crippen MR) is 134 cm³/mol. The van der Waals surface area contributed by atoms with Crippen molar-refractivity contribution in [2.45, 2.75) is 51.5 Å². The normalized spacial score (nSPS) is 18.8. The number of hydrogen-bond donors (Lipinski definition) is 2. The lowest BCUT2D eigenvalue weighted by Gasteiger charge is -2.41. The molecule has 1 unspecified atom stereocenters. The van der Waals surface area contributed by atoms with Gasteiger partial charge in [0.25, 0.3) is 5.91 Å². The van der Waals surface area contributed by atoms with Crippen LogP contribution in [0.5, 0.6) is 0 Å². The van der Waals surface area contributed by atoms with Crippen molar-refractivity contribution in [1.29, 1.82) is 0 Å². The van der Waals surface area contributed by atoms with E-state index in [1.807, 2.05) is 29.2 Å². The van der Waals surface area contributed by atoms with Gasteiger partial charge in [-0.05, 0) is 56.5 Å². The van der Waals surface area contributed by atoms with Gasteiger partial charge in [-0.3, -0.25) is 9.69 Å². The number of carbonyl (C=O) groups is 3. The Hall–Kier alpha value is -3.59. The molecule has 4 rings (SSSR count). The van der Waals surface area contributed by atoms with Crippen LogP contribution in [0.15, 0.2) is 42.5 Å². The molecule has 9 heteroatoms. The van der Waals surface area contributed by atoms with Crippen LogP contribution in [-0.4, -0.2) is 82.4 Å². The van der Waals surface area contributed by atoms with E-state index in [0.29, 0.717) is 37.3 Å². The second kappa shape index (κ2) is 9.81. The molecule has 2 aliphatic rings. The van der Waals surface area contributed by atoms with Gasteiger partial charge in [-0.15, -0.1) is 0 Å². The van der Waals surface area contributed by atoms with Crippen LogP contribution < -0.4 is 4.90 Å². The first-order valence-corrected chi connectivity index (χ1v) is 12.1. The van der Waals surface area contributed by atoms with E-state index in [-0.39, 0.29) is 18.0 Å². The lowest BCUT2D eigenvalue weighted by molar-refractivity contribution is -0.0176. The fraction of sp³-hybridized carbons (Fsp3) is 0.444. The minimum absolute atomic E-state index is 0.0267. The van der Waals surface area contributed by atoms with Crippen LogP contribution in [-0.2, 0) is 17.7 Å². The molecular formula is C27H33N3O6. The molecule has 0 radical (unpaired) electrons. The number of carboxylic acids is 1. The molecule has 0 bridgehead atoms. The number of nitrogens with zero attached hydrogens (tertiary/aromatic N) is 3. The molecule has 2 N–H and O–H groups in total. The third-order valence-electron chi connectivity index (χ3n) is 6.65. The Morgan fingerprint density at radius 1 is 1.11 bits per heavy atom. The van der Waals surface area contributed by atoms with Gasteiger partial charge in [0.1, 0.15) is 5.60 Å². The first-order chi connectivity index (χ1) is 16.9. The van der Waals surface area contributed by atoms with E-state index in [1.165, 1.54) is 18.2 Å². The fourth-order valence-electron chi connectivity index (χ4n) is 4.76. The van der Waals surface area contributed by atoms with Crippen LogP contribution in [0, 0.1) is 0 Å². The van der Waals surface area contributed by atoms with Crippen LogP contribution in [0.4, 0.5) is 10.5 Å². The number of likely N-dealkylation sites (N-methyl/N-ethyl adjacent to an activating group) is 1. The van der Waals surface area contributed by atoms with E-state index >= 15 is 0 Å². The maximum atomic E-state index is 13.4. The molecule has 2 heterocycles. The van der Waals surface area contributed by atoms with Gasteiger partial charge in [0, 0.05) is 33.2 Å². The fourth-order valence-corrected chi connectivity index (χ4v) is 4.76. The molecule has 2 aromatic carbocycles. The maximum Gasteiger partial charge on any atom is 0.410 e. The van der Waals surface area contributed by atoms with Gasteiger partial charge in [0.05, 0.1) is 29.0 Å². The summed E-state index contributed by atoms with van der Waals surface area (Å²) in [6.45, 7) is 6.55. The van der Waals surface area contributed by atoms with E-state index in [9.17, 15) is 24.6 Å². The Morgan fingerprint density at radius 2 is 1.81 bits per heavy atom. The number of aliphatic hydroxyl groups excluding tert-OH is 1. The van der Waals surface area contributed by atoms with Crippen LogP contribution in [0.1, 0.15) is 52.6 Å². The average Bonchev–Trinajstić information content (AvgIpc) is 2.93. The molecule has 9 nitrogen and oxygen atoms in total. The van der Waals surface area contributed by atoms with E-state index < -0.39 is 29.8 Å². The van der Waals surface area contributed by atoms with Crippen molar-refractivity contribution in [3.8, 4) is 0 Å². The number of anilines is 1. The number of β-amino-alcohol motifs (C(OH)–C–C–N with tert-alkyl or cyclic N) is 1. The second-order valence-electron chi connectivity index (χ2n) is 10.4. The number of hydrogen-bond acceptors (Lipinski definition) is 6. The van der Waals surface area contributed by atoms with Crippen molar-refractivity contribution in [1.82, 2.24) is 9.80 Å². The van der Waals surface area contributed by atoms with E-state index in [0.717, 1.165) is 11.1 Å². The minimum Gasteiger partial charge on any atom is -0.478 e. The molecule has 0 aliphatic carbocycles. The highest BCUT2D eigenvalue weighted by Gasteiger charge is 2.38. The molecule has 0 fully saturated rings. The van der Waals surface area contributed by atoms with Crippen molar-refractivity contribution < 1.29 is 29.3 Å². The molecule has 2 aromatic rings. The number of aliphatic hydroxyl groups is 1. The van der Waals surface area contributed by atoms with Gasteiger partial charge in [-0.1, -0.05) is 24.3 Å². The second-order valence-corrected chi connectivity index (χ2v) is 10.4. The Morgan fingerprint density at radius 3 is 2.47 bits per heavy atom. The summed E-state index contributed by atoms with van der Waals surface area (Å²) in [4.78, 5) is 42.9. The first kappa shape index (κ1) is 25.5. The number of carboxylic acid groups (broad SMARTS) is 1. The van der Waals surface area contributed by atoms with Gasteiger partial charge < -0.3 is 24.7 Å². The molecular weight excluding hydrogens is 462 g/mol. The van der Waals surface area contributed by atoms with Gasteiger partial charge in [-0.2, -0.15) is 0 Å². The number of rotatable bonds is 4. The lowest BCUT2D eigenvalue weighted by atomic mass is 9.91. The van der Waals surface area contributed by atoms with Crippen molar-refractivity contribution in [2.24, 2.45) is 0 Å². The lowest BCUT2D eigenvalue weighted by Crippen LogP contribution is -2.55. The first-order valence-electron chi connectivity index (χ1n) is 12.1. The van der Waals surface area contributed by atoms with E-state index in [4.69, 9.17) is 4.74 Å². The van der Waals surface area contributed by atoms with Crippen LogP contribution in [0.3, 0.4) is 0 Å². The van der Waals surface area contributed by atoms with Crippen molar-refractivity contribution in [3.63, 3.8) is 0 Å². The summed E-state index contributed by atoms with van der Waals surface area (Å²) in [6, 6.07) is 11.7. The number of amides is 2. The molecule has 0 saturated carbocycles. The largest absolute Gasteiger partial charge is 0.478 e. The molecule has 36 heavy (non-hydrogen) atoms. The van der Waals surface area contributed by atoms with Crippen LogP contribution in [0.2, 0.25) is 0 Å². The summed E-state index contributed by atoms with van der Waals surface area (Å²) in [5, 5.41) is 20.7. The molecule has 2 amide bonds. The monoisotopic (exact) mass is 495 g/mol. The molecule has 2 atom stereocenters. The third kappa shape index (κ3) is 5.31. The van der Waals surface area contributed by atoms with Gasteiger partial charge in [0.15, 0.2) is 0 Å². The summed E-state index contributed by atoms with van der Waals surface area (Å²) in [5.74, 6) is -1.35. The zero-order valence-electron chi connectivity index (χ0n) is 21.1. The molecule has 0 aromatic heterocycles. The zero-order chi connectivity index (χ0) is 26.2. The van der Waals surface area contributed by atoms with Crippen molar-refractivity contribution in [2.75, 3.05) is 31.6 Å². The molecule has 0 saturated heterocycles. The van der Waals surface area contributed by atoms with Crippen LogP contribution in [0.25, 0.3) is 0 Å². The average molecular weight is 496 g/mol. The number of carbonyl (C=O) groups excluding carboxylic acids is 2. The summed E-state index contributed by atoms with van der Waals surface area (Å²) in [6.07, 6.45) is -1.08. The summed E-state index contributed by atoms with van der Waals surface area (Å²) in [7, 11) is 1.81. The van der Waals surface area contributed by atoms with E-state index in [2.05, 4.69) is 0 Å². The Balaban J connectivity index is 1.59. The highest BCUT2D eigenvalue weighted by atomic mass is 16.6. The molecule has 0 spiro atoms. The van der Waals surface area contributed by atoms with Gasteiger partial charge in [-0.25, -0.2) is 9.59 Å². The standard InChI is InChI=1S/C27H33N3O6/c1-27(2,3)36-26(35)30-15-19-8-6-5-7-17(19)13-22(30)23(31)16-29-12-11-28(4)21-14-18(25(33)34)9-10-20(21)24(29)32/h5-10,14,22-23,31H,11-13,15-16H2,1-4H3,(H,33,34)/t22-,23?/m0/s1. The molecule has 2 aliphatic heterocycles. The highest BCUT2D eigenvalue weighted by molar-refractivity contribution is 6.02. The van der Waals surface area contributed by atoms with E-state index in [1.54, 1.807) is 37.6 Å². The summed E-state index contributed by atoms with van der Waals surface area (Å²) < 4.78 is 5.64. The van der Waals surface area contributed by atoms with Gasteiger partial charge in [0.2, 0.25) is 0 Å². The van der Waals surface area contributed by atoms with Crippen molar-refractivity contribution in [3.05, 3.63) is 64.7 Å². The Kier molecular flexibility index (Phi) is 6.95. The van der Waals surface area contributed by atoms with Gasteiger partial charge >= 0.3 is 12.1 Å². The number of benzene rings is 2. The number of aromatic carboxylic acids is 1. The minimum atomic E-state index is -1.06. The topological polar surface area (TPSA) is 111 Å². The smallest absolute Gasteiger partial charge is 0.410 e.